The van der Waals surface area contributed by atoms with Gasteiger partial charge in [0.1, 0.15) is 0 Å². The van der Waals surface area contributed by atoms with Crippen molar-refractivity contribution in [1.82, 2.24) is 20.2 Å². The van der Waals surface area contributed by atoms with Crippen LogP contribution in [0.3, 0.4) is 0 Å². The molecule has 1 aliphatic heterocycles. The summed E-state index contributed by atoms with van der Waals surface area (Å²) in [6.07, 6.45) is 5.28. The van der Waals surface area contributed by atoms with Crippen molar-refractivity contribution in [2.24, 2.45) is 0 Å². The quantitative estimate of drug-likeness (QED) is 0.779. The van der Waals surface area contributed by atoms with Gasteiger partial charge in [-0.3, -0.25) is 0 Å². The standard InChI is InChI=1S/C16H29N5O/c1-4-16(22,5-2)13-17-10-14-11-18-15(19-12-14)21-8-6-20(3)7-9-21/h11-12,17,22H,4-10,13H2,1-3H3. The second-order valence-corrected chi connectivity index (χ2v) is 6.22. The van der Waals surface area contributed by atoms with Gasteiger partial charge in [-0.2, -0.15) is 0 Å². The molecule has 1 aromatic heterocycles. The second kappa shape index (κ2) is 7.85. The summed E-state index contributed by atoms with van der Waals surface area (Å²) in [6, 6.07) is 0. The summed E-state index contributed by atoms with van der Waals surface area (Å²) in [4.78, 5) is 13.5. The molecule has 2 N–H and O–H groups in total. The molecular formula is C16H29N5O. The maximum atomic E-state index is 10.2. The Kier molecular flexibility index (Phi) is 6.11. The molecule has 0 atom stereocenters. The van der Waals surface area contributed by atoms with Crippen LogP contribution in [0.25, 0.3) is 0 Å². The highest BCUT2D eigenvalue weighted by atomic mass is 16.3. The Morgan fingerprint density at radius 3 is 2.27 bits per heavy atom. The Bertz CT molecular complexity index is 438. The van der Waals surface area contributed by atoms with Gasteiger partial charge < -0.3 is 20.2 Å². The minimum Gasteiger partial charge on any atom is -0.389 e. The topological polar surface area (TPSA) is 64.5 Å². The molecule has 2 heterocycles. The van der Waals surface area contributed by atoms with Crippen molar-refractivity contribution in [1.29, 1.82) is 0 Å². The van der Waals surface area contributed by atoms with Crippen molar-refractivity contribution in [3.63, 3.8) is 0 Å². The summed E-state index contributed by atoms with van der Waals surface area (Å²) in [6.45, 7) is 9.38. The first-order chi connectivity index (χ1) is 10.6. The Hall–Kier alpha value is -1.24. The van der Waals surface area contributed by atoms with Crippen LogP contribution in [-0.2, 0) is 6.54 Å². The van der Waals surface area contributed by atoms with Crippen molar-refractivity contribution in [3.05, 3.63) is 18.0 Å². The highest BCUT2D eigenvalue weighted by Crippen LogP contribution is 2.13. The van der Waals surface area contributed by atoms with Crippen molar-refractivity contribution in [3.8, 4) is 0 Å². The number of hydrogen-bond donors (Lipinski definition) is 2. The Labute approximate surface area is 133 Å². The SMILES string of the molecule is CCC(O)(CC)CNCc1cnc(N2CCN(C)CC2)nc1. The number of hydrogen-bond acceptors (Lipinski definition) is 6. The van der Waals surface area contributed by atoms with Gasteiger partial charge in [-0.15, -0.1) is 0 Å². The first kappa shape index (κ1) is 17.1. The lowest BCUT2D eigenvalue weighted by atomic mass is 9.97. The molecular weight excluding hydrogens is 278 g/mol. The predicted octanol–water partition coefficient (Wildman–Crippen LogP) is 0.869. The highest BCUT2D eigenvalue weighted by molar-refractivity contribution is 5.30. The predicted molar refractivity (Wildman–Crippen MR) is 89.0 cm³/mol. The van der Waals surface area contributed by atoms with Gasteiger partial charge in [0.15, 0.2) is 0 Å². The summed E-state index contributed by atoms with van der Waals surface area (Å²) in [5.41, 5.74) is 0.438. The smallest absolute Gasteiger partial charge is 0.225 e. The summed E-state index contributed by atoms with van der Waals surface area (Å²) in [5, 5.41) is 13.5. The Morgan fingerprint density at radius 1 is 1.14 bits per heavy atom. The van der Waals surface area contributed by atoms with Crippen LogP contribution in [0.5, 0.6) is 0 Å². The van der Waals surface area contributed by atoms with E-state index in [0.29, 0.717) is 13.1 Å². The Balaban J connectivity index is 1.82. The highest BCUT2D eigenvalue weighted by Gasteiger charge is 2.21. The summed E-state index contributed by atoms with van der Waals surface area (Å²) in [7, 11) is 2.14. The summed E-state index contributed by atoms with van der Waals surface area (Å²) < 4.78 is 0. The van der Waals surface area contributed by atoms with E-state index in [-0.39, 0.29) is 0 Å². The fraction of sp³-hybridized carbons (Fsp3) is 0.750. The maximum Gasteiger partial charge on any atom is 0.225 e. The number of aliphatic hydroxyl groups is 1. The average molecular weight is 307 g/mol. The van der Waals surface area contributed by atoms with Gasteiger partial charge in [-0.05, 0) is 19.9 Å². The molecule has 22 heavy (non-hydrogen) atoms. The van der Waals surface area contributed by atoms with Crippen LogP contribution in [-0.4, -0.2) is 65.3 Å². The minimum atomic E-state index is -0.610. The van der Waals surface area contributed by atoms with E-state index in [1.54, 1.807) is 0 Å². The molecule has 0 amide bonds. The number of nitrogens with zero attached hydrogens (tertiary/aromatic N) is 4. The molecule has 6 nitrogen and oxygen atoms in total. The lowest BCUT2D eigenvalue weighted by molar-refractivity contribution is 0.0323. The van der Waals surface area contributed by atoms with E-state index in [4.69, 9.17) is 0 Å². The molecule has 0 spiro atoms. The fourth-order valence-corrected chi connectivity index (χ4v) is 2.55. The molecule has 124 valence electrons. The molecule has 0 aromatic carbocycles. The minimum absolute atomic E-state index is 0.597. The maximum absolute atomic E-state index is 10.2. The zero-order valence-electron chi connectivity index (χ0n) is 14.0. The van der Waals surface area contributed by atoms with Crippen molar-refractivity contribution < 1.29 is 5.11 Å². The summed E-state index contributed by atoms with van der Waals surface area (Å²) in [5.74, 6) is 0.815. The fourth-order valence-electron chi connectivity index (χ4n) is 2.55. The van der Waals surface area contributed by atoms with Crippen LogP contribution in [0.2, 0.25) is 0 Å². The van der Waals surface area contributed by atoms with E-state index in [0.717, 1.165) is 50.5 Å². The van der Waals surface area contributed by atoms with Crippen molar-refractivity contribution in [2.75, 3.05) is 44.7 Å². The summed E-state index contributed by atoms with van der Waals surface area (Å²) >= 11 is 0. The zero-order chi connectivity index (χ0) is 16.0. The third-order valence-electron chi connectivity index (χ3n) is 4.58. The molecule has 1 aromatic rings. The van der Waals surface area contributed by atoms with Crippen LogP contribution in [0.15, 0.2) is 12.4 Å². The van der Waals surface area contributed by atoms with E-state index in [1.165, 1.54) is 0 Å². The molecule has 0 saturated carbocycles. The molecule has 1 fully saturated rings. The van der Waals surface area contributed by atoms with Gasteiger partial charge in [0.2, 0.25) is 5.95 Å². The van der Waals surface area contributed by atoms with Gasteiger partial charge in [0.25, 0.3) is 0 Å². The molecule has 0 bridgehead atoms. The van der Waals surface area contributed by atoms with E-state index in [9.17, 15) is 5.11 Å². The first-order valence-corrected chi connectivity index (χ1v) is 8.24. The van der Waals surface area contributed by atoms with Gasteiger partial charge in [-0.25, -0.2) is 9.97 Å². The van der Waals surface area contributed by atoms with E-state index < -0.39 is 5.60 Å². The van der Waals surface area contributed by atoms with Crippen LogP contribution in [0, 0.1) is 0 Å². The molecule has 1 saturated heterocycles. The van der Waals surface area contributed by atoms with Gasteiger partial charge >= 0.3 is 0 Å². The van der Waals surface area contributed by atoms with Crippen LogP contribution in [0.4, 0.5) is 5.95 Å². The zero-order valence-corrected chi connectivity index (χ0v) is 14.0. The number of anilines is 1. The van der Waals surface area contributed by atoms with Crippen LogP contribution >= 0.6 is 0 Å². The van der Waals surface area contributed by atoms with Gasteiger partial charge in [-0.1, -0.05) is 13.8 Å². The molecule has 0 aliphatic carbocycles. The molecule has 2 rings (SSSR count). The molecule has 6 heteroatoms. The lowest BCUT2D eigenvalue weighted by Gasteiger charge is -2.32. The number of piperazine rings is 1. The normalized spacial score (nSPS) is 17.0. The average Bonchev–Trinajstić information content (AvgIpc) is 2.56. The van der Waals surface area contributed by atoms with E-state index in [2.05, 4.69) is 32.1 Å². The number of aromatic nitrogens is 2. The third kappa shape index (κ3) is 4.63. The van der Waals surface area contributed by atoms with E-state index >= 15 is 0 Å². The van der Waals surface area contributed by atoms with Crippen LogP contribution < -0.4 is 10.2 Å². The third-order valence-corrected chi connectivity index (χ3v) is 4.58. The van der Waals surface area contributed by atoms with E-state index in [1.807, 2.05) is 26.2 Å². The van der Waals surface area contributed by atoms with Crippen molar-refractivity contribution >= 4 is 5.95 Å². The van der Waals surface area contributed by atoms with Crippen molar-refractivity contribution in [2.45, 2.75) is 38.8 Å². The number of nitrogens with one attached hydrogen (secondary N) is 1. The largest absolute Gasteiger partial charge is 0.389 e. The molecule has 0 radical (unpaired) electrons. The monoisotopic (exact) mass is 307 g/mol. The van der Waals surface area contributed by atoms with Crippen LogP contribution in [0.1, 0.15) is 32.3 Å². The Morgan fingerprint density at radius 2 is 1.73 bits per heavy atom. The van der Waals surface area contributed by atoms with Gasteiger partial charge in [0, 0.05) is 57.2 Å². The molecule has 1 aliphatic rings. The van der Waals surface area contributed by atoms with Gasteiger partial charge in [0.05, 0.1) is 5.60 Å². The second-order valence-electron chi connectivity index (χ2n) is 6.22. The number of rotatable bonds is 7. The first-order valence-electron chi connectivity index (χ1n) is 8.24. The molecule has 0 unspecified atom stereocenters. The lowest BCUT2D eigenvalue weighted by Crippen LogP contribution is -2.45. The number of likely N-dealkylation sites (N-methyl/N-ethyl adjacent to an activating group) is 1.